The molecule has 0 aromatic heterocycles. The Morgan fingerprint density at radius 2 is 1.43 bits per heavy atom. The fraction of sp³-hybridized carbons (Fsp3) is 0.278. The second-order valence-electron chi connectivity index (χ2n) is 5.43. The van der Waals surface area contributed by atoms with Crippen LogP contribution in [0.25, 0.3) is 0 Å². The molecule has 0 heterocycles. The first-order valence-electron chi connectivity index (χ1n) is 7.19. The first kappa shape index (κ1) is 14.3. The second-order valence-corrected chi connectivity index (χ2v) is 6.94. The van der Waals surface area contributed by atoms with Crippen molar-refractivity contribution >= 4 is 21.9 Å². The van der Waals surface area contributed by atoms with Crippen LogP contribution in [0.4, 0.5) is 0 Å². The van der Waals surface area contributed by atoms with E-state index in [4.69, 9.17) is 4.74 Å². The summed E-state index contributed by atoms with van der Waals surface area (Å²) < 4.78 is 5.37. The van der Waals surface area contributed by atoms with Crippen molar-refractivity contribution in [1.29, 1.82) is 0 Å². The van der Waals surface area contributed by atoms with E-state index < -0.39 is 4.32 Å². The number of rotatable bonds is 4. The van der Waals surface area contributed by atoms with Gasteiger partial charge in [0.05, 0.1) is 0 Å². The zero-order valence-corrected chi connectivity index (χ0v) is 13.3. The molecule has 0 unspecified atom stereocenters. The maximum absolute atomic E-state index is 12.4. The summed E-state index contributed by atoms with van der Waals surface area (Å²) in [5.74, 6) is -0.161. The number of hydrogen-bond donors (Lipinski definition) is 0. The molecule has 2 aromatic carbocycles. The van der Waals surface area contributed by atoms with Crippen LogP contribution in [-0.2, 0) is 9.53 Å². The summed E-state index contributed by atoms with van der Waals surface area (Å²) in [7, 11) is 0. The van der Waals surface area contributed by atoms with E-state index in [2.05, 4.69) is 15.9 Å². The standard InChI is InChI=1S/C18H17BrO2/c19-18(12-7-13-18)17(20)21-16(14-8-3-1-4-9-14)15-10-5-2-6-11-15/h1-6,8-11,16H,7,12-13H2. The van der Waals surface area contributed by atoms with Crippen LogP contribution in [0.2, 0.25) is 0 Å². The first-order valence-corrected chi connectivity index (χ1v) is 7.98. The van der Waals surface area contributed by atoms with Crippen molar-refractivity contribution in [2.24, 2.45) is 0 Å². The van der Waals surface area contributed by atoms with E-state index in [1.165, 1.54) is 0 Å². The van der Waals surface area contributed by atoms with Crippen LogP contribution in [0.5, 0.6) is 0 Å². The van der Waals surface area contributed by atoms with Gasteiger partial charge in [0.15, 0.2) is 6.10 Å². The third-order valence-corrected chi connectivity index (χ3v) is 5.06. The molecule has 1 aliphatic rings. The van der Waals surface area contributed by atoms with E-state index in [1.54, 1.807) is 0 Å². The highest BCUT2D eigenvalue weighted by Gasteiger charge is 2.44. The smallest absolute Gasteiger partial charge is 0.323 e. The lowest BCUT2D eigenvalue weighted by atomic mass is 9.85. The second kappa shape index (κ2) is 6.02. The summed E-state index contributed by atoms with van der Waals surface area (Å²) >= 11 is 3.53. The van der Waals surface area contributed by atoms with Gasteiger partial charge in [-0.15, -0.1) is 0 Å². The highest BCUT2D eigenvalue weighted by Crippen LogP contribution is 2.42. The number of hydrogen-bond acceptors (Lipinski definition) is 2. The molecule has 1 aliphatic carbocycles. The number of alkyl halides is 1. The molecule has 0 atom stereocenters. The number of esters is 1. The summed E-state index contributed by atoms with van der Waals surface area (Å²) in [6.07, 6.45) is 2.42. The molecule has 1 saturated carbocycles. The number of halogens is 1. The number of ether oxygens (including phenoxy) is 1. The van der Waals surface area contributed by atoms with Gasteiger partial charge >= 0.3 is 5.97 Å². The SMILES string of the molecule is O=C(OC(c1ccccc1)c1ccccc1)C1(Br)CCC1. The van der Waals surface area contributed by atoms with E-state index in [-0.39, 0.29) is 12.1 Å². The van der Waals surface area contributed by atoms with Crippen LogP contribution in [0.15, 0.2) is 60.7 Å². The molecule has 0 bridgehead atoms. The number of benzene rings is 2. The monoisotopic (exact) mass is 344 g/mol. The van der Waals surface area contributed by atoms with Gasteiger partial charge in [0, 0.05) is 0 Å². The van der Waals surface area contributed by atoms with Gasteiger partial charge in [0.1, 0.15) is 4.32 Å². The van der Waals surface area contributed by atoms with Crippen LogP contribution in [0.3, 0.4) is 0 Å². The first-order chi connectivity index (χ1) is 10.2. The quantitative estimate of drug-likeness (QED) is 0.596. The van der Waals surface area contributed by atoms with E-state index in [0.29, 0.717) is 0 Å². The van der Waals surface area contributed by atoms with E-state index in [1.807, 2.05) is 60.7 Å². The predicted octanol–water partition coefficient (Wildman–Crippen LogP) is 4.64. The fourth-order valence-electron chi connectivity index (χ4n) is 2.49. The number of carbonyl (C=O) groups is 1. The maximum atomic E-state index is 12.4. The molecule has 108 valence electrons. The average Bonchev–Trinajstić information content (AvgIpc) is 2.51. The minimum absolute atomic E-state index is 0.161. The van der Waals surface area contributed by atoms with Crippen LogP contribution in [0.1, 0.15) is 36.5 Å². The Bertz CT molecular complexity index is 566. The van der Waals surface area contributed by atoms with E-state index in [9.17, 15) is 4.79 Å². The number of carbonyl (C=O) groups excluding carboxylic acids is 1. The molecule has 3 heteroatoms. The Hall–Kier alpha value is -1.61. The molecule has 0 saturated heterocycles. The minimum atomic E-state index is -0.477. The van der Waals surface area contributed by atoms with Gasteiger partial charge < -0.3 is 4.74 Å². The Kier molecular flexibility index (Phi) is 4.11. The zero-order valence-electron chi connectivity index (χ0n) is 11.7. The van der Waals surface area contributed by atoms with Crippen molar-refractivity contribution in [1.82, 2.24) is 0 Å². The van der Waals surface area contributed by atoms with E-state index >= 15 is 0 Å². The molecule has 0 radical (unpaired) electrons. The van der Waals surface area contributed by atoms with E-state index in [0.717, 1.165) is 30.4 Å². The third-order valence-electron chi connectivity index (χ3n) is 3.94. The molecule has 2 aromatic rings. The van der Waals surface area contributed by atoms with Gasteiger partial charge in [-0.3, -0.25) is 4.79 Å². The topological polar surface area (TPSA) is 26.3 Å². The molecule has 0 amide bonds. The molecule has 21 heavy (non-hydrogen) atoms. The predicted molar refractivity (Wildman–Crippen MR) is 86.3 cm³/mol. The maximum Gasteiger partial charge on any atom is 0.323 e. The van der Waals surface area contributed by atoms with Crippen LogP contribution in [0, 0.1) is 0 Å². The Morgan fingerprint density at radius 1 is 0.952 bits per heavy atom. The third kappa shape index (κ3) is 3.03. The molecule has 0 aliphatic heterocycles. The van der Waals surface area contributed by atoms with Crippen LogP contribution < -0.4 is 0 Å². The van der Waals surface area contributed by atoms with Crippen molar-refractivity contribution in [3.05, 3.63) is 71.8 Å². The largest absolute Gasteiger partial charge is 0.452 e. The summed E-state index contributed by atoms with van der Waals surface area (Å²) in [5, 5.41) is 0. The zero-order chi connectivity index (χ0) is 14.7. The summed E-state index contributed by atoms with van der Waals surface area (Å²) in [5.41, 5.74) is 1.99. The van der Waals surface area contributed by atoms with Gasteiger partial charge in [-0.2, -0.15) is 0 Å². The molecule has 2 nitrogen and oxygen atoms in total. The molecule has 3 rings (SSSR count). The molecule has 1 fully saturated rings. The molecule has 0 spiro atoms. The van der Waals surface area contributed by atoms with Crippen molar-refractivity contribution < 1.29 is 9.53 Å². The fourth-order valence-corrected chi connectivity index (χ4v) is 3.14. The summed E-state index contributed by atoms with van der Waals surface area (Å²) in [6, 6.07) is 19.8. The highest BCUT2D eigenvalue weighted by atomic mass is 79.9. The minimum Gasteiger partial charge on any atom is -0.452 e. The van der Waals surface area contributed by atoms with Gasteiger partial charge in [-0.05, 0) is 30.4 Å². The van der Waals surface area contributed by atoms with Crippen molar-refractivity contribution in [3.8, 4) is 0 Å². The molecular weight excluding hydrogens is 328 g/mol. The summed E-state index contributed by atoms with van der Waals surface area (Å²) in [6.45, 7) is 0. The Morgan fingerprint density at radius 3 is 1.81 bits per heavy atom. The van der Waals surface area contributed by atoms with Crippen molar-refractivity contribution in [3.63, 3.8) is 0 Å². The van der Waals surface area contributed by atoms with Crippen LogP contribution >= 0.6 is 15.9 Å². The summed E-state index contributed by atoms with van der Waals surface area (Å²) in [4.78, 5) is 12.4. The van der Waals surface area contributed by atoms with Gasteiger partial charge in [0.2, 0.25) is 0 Å². The normalized spacial score (nSPS) is 16.3. The van der Waals surface area contributed by atoms with Crippen molar-refractivity contribution in [2.75, 3.05) is 0 Å². The van der Waals surface area contributed by atoms with Gasteiger partial charge in [-0.25, -0.2) is 0 Å². The lowest BCUT2D eigenvalue weighted by Crippen LogP contribution is -2.41. The average molecular weight is 345 g/mol. The highest BCUT2D eigenvalue weighted by molar-refractivity contribution is 9.10. The molecular formula is C18H17BrO2. The lowest BCUT2D eigenvalue weighted by molar-refractivity contribution is -0.152. The van der Waals surface area contributed by atoms with Crippen molar-refractivity contribution in [2.45, 2.75) is 29.7 Å². The Balaban J connectivity index is 1.88. The lowest BCUT2D eigenvalue weighted by Gasteiger charge is -2.35. The van der Waals surface area contributed by atoms with Gasteiger partial charge in [-0.1, -0.05) is 76.6 Å². The van der Waals surface area contributed by atoms with Gasteiger partial charge in [0.25, 0.3) is 0 Å². The van der Waals surface area contributed by atoms with Crippen LogP contribution in [-0.4, -0.2) is 10.3 Å². The molecule has 0 N–H and O–H groups in total. The Labute approximate surface area is 133 Å².